The summed E-state index contributed by atoms with van der Waals surface area (Å²) in [7, 11) is 1.35. The van der Waals surface area contributed by atoms with Crippen LogP contribution in [0.2, 0.25) is 0 Å². The van der Waals surface area contributed by atoms with E-state index >= 15 is 0 Å². The highest BCUT2D eigenvalue weighted by Crippen LogP contribution is 2.20. The Labute approximate surface area is 138 Å². The fourth-order valence-electron chi connectivity index (χ4n) is 3.02. The third-order valence-corrected chi connectivity index (χ3v) is 4.43. The molecule has 8 nitrogen and oxygen atoms in total. The van der Waals surface area contributed by atoms with Crippen LogP contribution in [0, 0.1) is 18.6 Å². The number of hydrogen-bond donors (Lipinski definition) is 1. The van der Waals surface area contributed by atoms with Crippen molar-refractivity contribution in [1.82, 2.24) is 24.1 Å². The number of carbonyl (C=O) groups is 1. The van der Waals surface area contributed by atoms with Crippen molar-refractivity contribution in [2.75, 3.05) is 13.7 Å². The summed E-state index contributed by atoms with van der Waals surface area (Å²) in [4.78, 5) is 18.1. The van der Waals surface area contributed by atoms with Gasteiger partial charge in [-0.05, 0) is 32.1 Å². The summed E-state index contributed by atoms with van der Waals surface area (Å²) in [5.41, 5.74) is 1.82. The van der Waals surface area contributed by atoms with Crippen molar-refractivity contribution in [2.45, 2.75) is 39.1 Å². The molecule has 0 amide bonds. The summed E-state index contributed by atoms with van der Waals surface area (Å²) >= 11 is 5.47. The fraction of sp³-hybridized carbons (Fsp3) is 0.571. The van der Waals surface area contributed by atoms with E-state index in [0.717, 1.165) is 11.4 Å². The molecule has 1 aliphatic rings. The number of nitrogens with zero attached hydrogens (tertiary/aromatic N) is 5. The lowest BCUT2D eigenvalue weighted by atomic mass is 10.2. The minimum atomic E-state index is -0.563. The predicted octanol–water partition coefficient (Wildman–Crippen LogP) is 0.443. The molecule has 0 saturated carbocycles. The van der Waals surface area contributed by atoms with Crippen molar-refractivity contribution < 1.29 is 14.6 Å². The summed E-state index contributed by atoms with van der Waals surface area (Å²) in [6, 6.07) is 1.45. The number of aromatic nitrogens is 4. The molecule has 0 radical (unpaired) electrons. The van der Waals surface area contributed by atoms with Crippen LogP contribution >= 0.6 is 12.2 Å². The van der Waals surface area contributed by atoms with Crippen LogP contribution in [-0.2, 0) is 16.2 Å². The average Bonchev–Trinajstić information content (AvgIpc) is 2.99. The van der Waals surface area contributed by atoms with Gasteiger partial charge in [0.15, 0.2) is 0 Å². The molecule has 0 spiro atoms. The van der Waals surface area contributed by atoms with Gasteiger partial charge in [-0.25, -0.2) is 9.67 Å². The summed E-state index contributed by atoms with van der Waals surface area (Å²) in [6.45, 7) is 4.53. The number of aryl methyl sites for hydroxylation is 2. The average molecular weight is 337 g/mol. The number of likely N-dealkylation sites (tertiary alicyclic amines) is 1. The number of aliphatic hydroxyl groups excluding tert-OH is 1. The van der Waals surface area contributed by atoms with Crippen LogP contribution in [0.4, 0.5) is 0 Å². The molecule has 9 heteroatoms. The molecule has 23 heavy (non-hydrogen) atoms. The lowest BCUT2D eigenvalue weighted by Crippen LogP contribution is -2.38. The number of carbonyl (C=O) groups excluding carboxylic acids is 1. The topological polar surface area (TPSA) is 84.9 Å². The van der Waals surface area contributed by atoms with E-state index in [1.807, 2.05) is 24.8 Å². The Morgan fingerprint density at radius 3 is 2.96 bits per heavy atom. The van der Waals surface area contributed by atoms with Crippen molar-refractivity contribution in [2.24, 2.45) is 0 Å². The van der Waals surface area contributed by atoms with E-state index in [1.165, 1.54) is 7.11 Å². The Kier molecular flexibility index (Phi) is 4.17. The van der Waals surface area contributed by atoms with E-state index in [2.05, 4.69) is 10.1 Å². The number of esters is 1. The van der Waals surface area contributed by atoms with E-state index in [9.17, 15) is 9.90 Å². The van der Waals surface area contributed by atoms with Crippen molar-refractivity contribution in [3.63, 3.8) is 0 Å². The Morgan fingerprint density at radius 1 is 1.52 bits per heavy atom. The number of rotatable bonds is 3. The predicted molar refractivity (Wildman–Crippen MR) is 84.4 cm³/mol. The van der Waals surface area contributed by atoms with Crippen LogP contribution in [0.5, 0.6) is 0 Å². The molecule has 1 N–H and O–H groups in total. The molecule has 0 bridgehead atoms. The monoisotopic (exact) mass is 337 g/mol. The molecular formula is C14H19N5O3S. The van der Waals surface area contributed by atoms with Gasteiger partial charge in [0.25, 0.3) is 5.78 Å². The lowest BCUT2D eigenvalue weighted by molar-refractivity contribution is -0.146. The van der Waals surface area contributed by atoms with Gasteiger partial charge in [0.1, 0.15) is 6.04 Å². The number of fused-ring (bicyclic) bond motifs is 1. The second-order valence-corrected chi connectivity index (χ2v) is 6.16. The van der Waals surface area contributed by atoms with Crippen LogP contribution in [0.3, 0.4) is 0 Å². The number of aliphatic hydroxyl groups is 1. The van der Waals surface area contributed by atoms with Crippen molar-refractivity contribution in [3.8, 4) is 0 Å². The van der Waals surface area contributed by atoms with Crippen molar-refractivity contribution in [3.05, 3.63) is 22.2 Å². The molecule has 1 fully saturated rings. The molecule has 2 aromatic heterocycles. The SMILES string of the molecule is COC(=O)[C@@H]1C[C@H](O)CN1Cn1nc2nc(C)cc(C)n2c1=S. The van der Waals surface area contributed by atoms with E-state index in [0.29, 0.717) is 30.2 Å². The van der Waals surface area contributed by atoms with Gasteiger partial charge >= 0.3 is 5.97 Å². The minimum absolute atomic E-state index is 0.303. The summed E-state index contributed by atoms with van der Waals surface area (Å²) in [6.07, 6.45) is -0.212. The van der Waals surface area contributed by atoms with Gasteiger partial charge in [-0.1, -0.05) is 0 Å². The van der Waals surface area contributed by atoms with Crippen LogP contribution < -0.4 is 0 Å². The summed E-state index contributed by atoms with van der Waals surface area (Å²) < 4.78 is 8.74. The van der Waals surface area contributed by atoms with Gasteiger partial charge in [-0.3, -0.25) is 14.1 Å². The molecule has 0 aromatic carbocycles. The van der Waals surface area contributed by atoms with Gasteiger partial charge in [0, 0.05) is 24.4 Å². The van der Waals surface area contributed by atoms with Crippen LogP contribution in [0.1, 0.15) is 17.8 Å². The molecule has 3 rings (SSSR count). The Hall–Kier alpha value is -1.84. The maximum Gasteiger partial charge on any atom is 0.323 e. The first-order valence-corrected chi connectivity index (χ1v) is 7.75. The minimum Gasteiger partial charge on any atom is -0.468 e. The number of ether oxygens (including phenoxy) is 1. The van der Waals surface area contributed by atoms with Crippen LogP contribution in [0.25, 0.3) is 5.78 Å². The first-order valence-electron chi connectivity index (χ1n) is 7.34. The maximum atomic E-state index is 11.9. The maximum absolute atomic E-state index is 11.9. The highest BCUT2D eigenvalue weighted by Gasteiger charge is 2.37. The van der Waals surface area contributed by atoms with Crippen molar-refractivity contribution >= 4 is 24.0 Å². The Morgan fingerprint density at radius 2 is 2.26 bits per heavy atom. The van der Waals surface area contributed by atoms with E-state index < -0.39 is 12.1 Å². The first kappa shape index (κ1) is 16.0. The van der Waals surface area contributed by atoms with E-state index in [-0.39, 0.29) is 5.97 Å². The molecule has 0 unspecified atom stereocenters. The zero-order chi connectivity index (χ0) is 16.7. The largest absolute Gasteiger partial charge is 0.468 e. The molecule has 2 aromatic rings. The van der Waals surface area contributed by atoms with Crippen LogP contribution in [-0.4, -0.2) is 60.9 Å². The number of methoxy groups -OCH3 is 1. The highest BCUT2D eigenvalue weighted by molar-refractivity contribution is 7.71. The molecule has 3 heterocycles. The smallest absolute Gasteiger partial charge is 0.323 e. The standard InChI is InChI=1S/C14H19N5O3S/c1-8-4-9(2)19-13(15-8)16-18(14(19)23)7-17-6-10(20)5-11(17)12(21)22-3/h4,10-11,20H,5-7H2,1-3H3/t10-,11-/m0/s1. The first-order chi connectivity index (χ1) is 10.9. The fourth-order valence-corrected chi connectivity index (χ4v) is 3.34. The van der Waals surface area contributed by atoms with Gasteiger partial charge in [0.05, 0.1) is 19.9 Å². The summed E-state index contributed by atoms with van der Waals surface area (Å²) in [5, 5.41) is 14.3. The number of β-amino-alcohol motifs (C(OH)–C–C–N with tert-alkyl or cyclic N) is 1. The molecule has 1 aliphatic heterocycles. The van der Waals surface area contributed by atoms with Gasteiger partial charge in [-0.2, -0.15) is 0 Å². The van der Waals surface area contributed by atoms with Crippen molar-refractivity contribution in [1.29, 1.82) is 0 Å². The Balaban J connectivity index is 1.95. The Bertz CT molecular complexity index is 815. The third kappa shape index (κ3) is 2.87. The molecule has 124 valence electrons. The molecule has 0 aliphatic carbocycles. The lowest BCUT2D eigenvalue weighted by Gasteiger charge is -2.21. The summed E-state index contributed by atoms with van der Waals surface area (Å²) in [5.74, 6) is 0.170. The normalized spacial score (nSPS) is 21.9. The molecule has 1 saturated heterocycles. The quantitative estimate of drug-likeness (QED) is 0.643. The zero-order valence-electron chi connectivity index (χ0n) is 13.3. The van der Waals surface area contributed by atoms with Gasteiger partial charge in [0.2, 0.25) is 4.77 Å². The second kappa shape index (κ2) is 5.99. The van der Waals surface area contributed by atoms with E-state index in [1.54, 1.807) is 9.08 Å². The second-order valence-electron chi connectivity index (χ2n) is 5.80. The number of hydrogen-bond acceptors (Lipinski definition) is 7. The molecule has 2 atom stereocenters. The zero-order valence-corrected chi connectivity index (χ0v) is 14.1. The van der Waals surface area contributed by atoms with Gasteiger partial charge < -0.3 is 9.84 Å². The van der Waals surface area contributed by atoms with Gasteiger partial charge in [-0.15, -0.1) is 5.10 Å². The van der Waals surface area contributed by atoms with E-state index in [4.69, 9.17) is 17.0 Å². The molecular weight excluding hydrogens is 318 g/mol. The third-order valence-electron chi connectivity index (χ3n) is 4.04. The van der Waals surface area contributed by atoms with Crippen LogP contribution in [0.15, 0.2) is 6.07 Å². The highest BCUT2D eigenvalue weighted by atomic mass is 32.1.